The molecule has 3 nitrogen and oxygen atoms in total. The zero-order valence-electron chi connectivity index (χ0n) is 13.7. The van der Waals surface area contributed by atoms with Gasteiger partial charge in [-0.1, -0.05) is 34.1 Å². The minimum atomic E-state index is -0.455. The maximum atomic E-state index is 13.5. The van der Waals surface area contributed by atoms with E-state index >= 15 is 0 Å². The SMILES string of the molecule is O=C(Nc1c(Br)cc(Br)cc1-c1nc2ccccc2s1)c1cccc(F)c1. The summed E-state index contributed by atoms with van der Waals surface area (Å²) in [6.45, 7) is 0. The molecule has 134 valence electrons. The molecule has 0 aliphatic carbocycles. The number of nitrogens with zero attached hydrogens (tertiary/aromatic N) is 1. The molecule has 0 fully saturated rings. The van der Waals surface area contributed by atoms with E-state index in [9.17, 15) is 9.18 Å². The number of para-hydroxylation sites is 1. The number of carbonyl (C=O) groups is 1. The predicted octanol–water partition coefficient (Wildman–Crippen LogP) is 6.88. The Morgan fingerprint density at radius 3 is 2.63 bits per heavy atom. The van der Waals surface area contributed by atoms with Crippen LogP contribution in [0.15, 0.2) is 69.6 Å². The Labute approximate surface area is 175 Å². The number of amides is 1. The van der Waals surface area contributed by atoms with Crippen molar-refractivity contribution < 1.29 is 9.18 Å². The van der Waals surface area contributed by atoms with E-state index < -0.39 is 5.82 Å². The normalized spacial score (nSPS) is 10.9. The maximum absolute atomic E-state index is 13.5. The van der Waals surface area contributed by atoms with Crippen LogP contribution in [0.2, 0.25) is 0 Å². The van der Waals surface area contributed by atoms with Gasteiger partial charge in [0.05, 0.1) is 15.9 Å². The van der Waals surface area contributed by atoms with Gasteiger partial charge in [-0.05, 0) is 58.4 Å². The summed E-state index contributed by atoms with van der Waals surface area (Å²) in [5.41, 5.74) is 2.52. The summed E-state index contributed by atoms with van der Waals surface area (Å²) in [6, 6.07) is 17.2. The lowest BCUT2D eigenvalue weighted by Gasteiger charge is -2.13. The summed E-state index contributed by atoms with van der Waals surface area (Å²) < 4.78 is 16.1. The molecule has 0 spiro atoms. The molecule has 0 saturated heterocycles. The first-order valence-electron chi connectivity index (χ1n) is 7.93. The molecular formula is C20H11Br2FN2OS. The Hall–Kier alpha value is -2.09. The lowest BCUT2D eigenvalue weighted by molar-refractivity contribution is 0.102. The van der Waals surface area contributed by atoms with E-state index in [4.69, 9.17) is 0 Å². The maximum Gasteiger partial charge on any atom is 0.255 e. The van der Waals surface area contributed by atoms with E-state index in [0.29, 0.717) is 10.2 Å². The van der Waals surface area contributed by atoms with Crippen molar-refractivity contribution in [3.8, 4) is 10.6 Å². The molecule has 3 aromatic carbocycles. The molecule has 0 bridgehead atoms. The highest BCUT2D eigenvalue weighted by Crippen LogP contribution is 2.40. The van der Waals surface area contributed by atoms with Crippen LogP contribution in [0.4, 0.5) is 10.1 Å². The van der Waals surface area contributed by atoms with Crippen molar-refractivity contribution >= 4 is 65.0 Å². The van der Waals surface area contributed by atoms with E-state index in [-0.39, 0.29) is 11.5 Å². The third kappa shape index (κ3) is 3.81. The van der Waals surface area contributed by atoms with Crippen LogP contribution in [0.1, 0.15) is 10.4 Å². The van der Waals surface area contributed by atoms with Gasteiger partial charge in [-0.25, -0.2) is 9.37 Å². The third-order valence-electron chi connectivity index (χ3n) is 3.90. The number of anilines is 1. The number of fused-ring (bicyclic) bond motifs is 1. The first-order chi connectivity index (χ1) is 13.0. The van der Waals surface area contributed by atoms with Gasteiger partial charge < -0.3 is 5.32 Å². The van der Waals surface area contributed by atoms with Crippen molar-refractivity contribution in [2.75, 3.05) is 5.32 Å². The monoisotopic (exact) mass is 504 g/mol. The largest absolute Gasteiger partial charge is 0.320 e. The molecule has 0 atom stereocenters. The quantitative estimate of drug-likeness (QED) is 0.329. The van der Waals surface area contributed by atoms with Gasteiger partial charge in [-0.3, -0.25) is 4.79 Å². The molecule has 0 saturated carbocycles. The molecular weight excluding hydrogens is 495 g/mol. The fourth-order valence-corrected chi connectivity index (χ4v) is 4.98. The second-order valence-corrected chi connectivity index (χ2v) is 8.56. The average molecular weight is 506 g/mol. The Bertz CT molecular complexity index is 1140. The summed E-state index contributed by atoms with van der Waals surface area (Å²) in [5.74, 6) is -0.844. The zero-order chi connectivity index (χ0) is 19.0. The van der Waals surface area contributed by atoms with Crippen LogP contribution in [-0.4, -0.2) is 10.9 Å². The van der Waals surface area contributed by atoms with E-state index in [0.717, 1.165) is 25.3 Å². The molecule has 4 rings (SSSR count). The van der Waals surface area contributed by atoms with Crippen LogP contribution in [0.5, 0.6) is 0 Å². The number of carbonyl (C=O) groups excluding carboxylic acids is 1. The van der Waals surface area contributed by atoms with E-state index in [2.05, 4.69) is 42.2 Å². The second kappa shape index (κ2) is 7.50. The van der Waals surface area contributed by atoms with Gasteiger partial charge in [0.2, 0.25) is 0 Å². The molecule has 0 aliphatic rings. The first-order valence-corrected chi connectivity index (χ1v) is 10.3. The molecule has 0 aliphatic heterocycles. The molecule has 7 heteroatoms. The number of hydrogen-bond donors (Lipinski definition) is 1. The van der Waals surface area contributed by atoms with E-state index in [1.165, 1.54) is 18.2 Å². The molecule has 0 unspecified atom stereocenters. The van der Waals surface area contributed by atoms with Crippen molar-refractivity contribution in [1.82, 2.24) is 4.98 Å². The van der Waals surface area contributed by atoms with Crippen molar-refractivity contribution in [1.29, 1.82) is 0 Å². The topological polar surface area (TPSA) is 42.0 Å². The van der Waals surface area contributed by atoms with E-state index in [1.54, 1.807) is 17.4 Å². The fraction of sp³-hybridized carbons (Fsp3) is 0. The lowest BCUT2D eigenvalue weighted by Crippen LogP contribution is -2.13. The van der Waals surface area contributed by atoms with Gasteiger partial charge in [0.1, 0.15) is 10.8 Å². The standard InChI is InChI=1S/C20H11Br2FN2OS/c21-12-9-14(20-24-16-6-1-2-7-17(16)27-20)18(15(22)10-12)25-19(26)11-4-3-5-13(23)8-11/h1-10H,(H,25,26). The Morgan fingerprint density at radius 1 is 1.04 bits per heavy atom. The summed E-state index contributed by atoms with van der Waals surface area (Å²) in [7, 11) is 0. The van der Waals surface area contributed by atoms with Crippen LogP contribution in [-0.2, 0) is 0 Å². The molecule has 0 radical (unpaired) electrons. The molecule has 1 N–H and O–H groups in total. The van der Waals surface area contributed by atoms with E-state index in [1.807, 2.05) is 36.4 Å². The van der Waals surface area contributed by atoms with Crippen molar-refractivity contribution in [2.45, 2.75) is 0 Å². The number of nitrogens with one attached hydrogen (secondary N) is 1. The van der Waals surface area contributed by atoms with Gasteiger partial charge in [0, 0.05) is 20.1 Å². The second-order valence-electron chi connectivity index (χ2n) is 5.76. The lowest BCUT2D eigenvalue weighted by atomic mass is 10.1. The number of halogens is 3. The number of rotatable bonds is 3. The number of hydrogen-bond acceptors (Lipinski definition) is 3. The van der Waals surface area contributed by atoms with Gasteiger partial charge >= 0.3 is 0 Å². The highest BCUT2D eigenvalue weighted by atomic mass is 79.9. The third-order valence-corrected chi connectivity index (χ3v) is 6.06. The molecule has 1 aromatic heterocycles. The van der Waals surface area contributed by atoms with Crippen molar-refractivity contribution in [3.05, 3.63) is 81.0 Å². The van der Waals surface area contributed by atoms with Gasteiger partial charge in [-0.2, -0.15) is 0 Å². The van der Waals surface area contributed by atoms with Crippen LogP contribution in [0, 0.1) is 5.82 Å². The zero-order valence-corrected chi connectivity index (χ0v) is 17.7. The van der Waals surface area contributed by atoms with Crippen LogP contribution < -0.4 is 5.32 Å². The molecule has 4 aromatic rings. The average Bonchev–Trinajstić information content (AvgIpc) is 3.07. The van der Waals surface area contributed by atoms with Gasteiger partial charge in [-0.15, -0.1) is 11.3 Å². The molecule has 27 heavy (non-hydrogen) atoms. The summed E-state index contributed by atoms with van der Waals surface area (Å²) in [6.07, 6.45) is 0. The summed E-state index contributed by atoms with van der Waals surface area (Å²) >= 11 is 8.55. The van der Waals surface area contributed by atoms with Crippen molar-refractivity contribution in [2.24, 2.45) is 0 Å². The first kappa shape index (κ1) is 18.3. The van der Waals surface area contributed by atoms with Crippen LogP contribution >= 0.6 is 43.2 Å². The van der Waals surface area contributed by atoms with Gasteiger partial charge in [0.25, 0.3) is 5.91 Å². The highest BCUT2D eigenvalue weighted by Gasteiger charge is 2.17. The smallest absolute Gasteiger partial charge is 0.255 e. The minimum Gasteiger partial charge on any atom is -0.320 e. The Morgan fingerprint density at radius 2 is 1.85 bits per heavy atom. The predicted molar refractivity (Wildman–Crippen MR) is 115 cm³/mol. The number of benzene rings is 3. The number of thiazole rings is 1. The highest BCUT2D eigenvalue weighted by molar-refractivity contribution is 9.11. The number of aromatic nitrogens is 1. The Balaban J connectivity index is 1.79. The van der Waals surface area contributed by atoms with Crippen LogP contribution in [0.25, 0.3) is 20.8 Å². The van der Waals surface area contributed by atoms with Gasteiger partial charge in [0.15, 0.2) is 0 Å². The Kier molecular flexibility index (Phi) is 5.08. The minimum absolute atomic E-state index is 0.250. The fourth-order valence-electron chi connectivity index (χ4n) is 2.67. The molecule has 1 heterocycles. The molecule has 1 amide bonds. The summed E-state index contributed by atoms with van der Waals surface area (Å²) in [5, 5.41) is 3.67. The van der Waals surface area contributed by atoms with Crippen LogP contribution in [0.3, 0.4) is 0 Å². The van der Waals surface area contributed by atoms with Crippen molar-refractivity contribution in [3.63, 3.8) is 0 Å². The summed E-state index contributed by atoms with van der Waals surface area (Å²) in [4.78, 5) is 17.3.